The van der Waals surface area contributed by atoms with Crippen molar-refractivity contribution in [2.75, 3.05) is 5.32 Å². The summed E-state index contributed by atoms with van der Waals surface area (Å²) in [6, 6.07) is 15.6. The highest BCUT2D eigenvalue weighted by molar-refractivity contribution is 9.10. The summed E-state index contributed by atoms with van der Waals surface area (Å²) >= 11 is 15.3. The first kappa shape index (κ1) is 25.5. The molecule has 1 N–H and O–H groups in total. The minimum atomic E-state index is -0.571. The summed E-state index contributed by atoms with van der Waals surface area (Å²) in [6.45, 7) is 1.84. The van der Waals surface area contributed by atoms with Crippen LogP contribution in [0.5, 0.6) is 17.2 Å². The lowest BCUT2D eigenvalue weighted by molar-refractivity contribution is -0.384. The number of aryl methyl sites for hydroxylation is 1. The molecule has 1 heterocycles. The molecule has 0 aliphatic rings. The topological polar surface area (TPSA) is 109 Å². The van der Waals surface area contributed by atoms with Crippen LogP contribution in [-0.4, -0.2) is 20.6 Å². The van der Waals surface area contributed by atoms with Crippen LogP contribution in [-0.2, 0) is 6.73 Å². The van der Waals surface area contributed by atoms with Gasteiger partial charge >= 0.3 is 0 Å². The van der Waals surface area contributed by atoms with Gasteiger partial charge in [0.05, 0.1) is 21.1 Å². The average Bonchev–Trinajstić information content (AvgIpc) is 3.29. The van der Waals surface area contributed by atoms with E-state index in [1.54, 1.807) is 49.5 Å². The number of nitrogens with zero attached hydrogens (tertiary/aromatic N) is 3. The van der Waals surface area contributed by atoms with Crippen LogP contribution in [0.25, 0.3) is 0 Å². The Bertz CT molecular complexity index is 1460. The van der Waals surface area contributed by atoms with Gasteiger partial charge < -0.3 is 14.8 Å². The molecule has 0 atom stereocenters. The van der Waals surface area contributed by atoms with Crippen LogP contribution < -0.4 is 14.8 Å². The molecule has 0 aliphatic heterocycles. The van der Waals surface area contributed by atoms with E-state index in [-0.39, 0.29) is 29.5 Å². The summed E-state index contributed by atoms with van der Waals surface area (Å²) in [5.74, 6) is 0.650. The van der Waals surface area contributed by atoms with Gasteiger partial charge in [0.15, 0.2) is 12.4 Å². The fraction of sp³-hybridized carbons (Fsp3) is 0.0833. The summed E-state index contributed by atoms with van der Waals surface area (Å²) in [6.07, 6.45) is 1.57. The molecule has 4 rings (SSSR count). The Morgan fingerprint density at radius 2 is 1.81 bits per heavy atom. The molecular weight excluding hydrogens is 575 g/mol. The first-order valence-electron chi connectivity index (χ1n) is 10.3. The Hall–Kier alpha value is -3.60. The molecule has 0 spiro atoms. The molecule has 1 aromatic heterocycles. The van der Waals surface area contributed by atoms with Gasteiger partial charge in [-0.3, -0.25) is 14.9 Å². The van der Waals surface area contributed by atoms with E-state index in [2.05, 4.69) is 26.3 Å². The third-order valence-corrected chi connectivity index (χ3v) is 5.93. The molecule has 0 saturated carbocycles. The first-order valence-corrected chi connectivity index (χ1v) is 11.9. The SMILES string of the molecule is Cc1cc(Cl)ccc1Oc1cc(NC(=O)c2ccn(COc3ccc(Cl)cc3Br)n2)cc([N+](=O)[O-])c1. The Kier molecular flexibility index (Phi) is 7.78. The molecule has 0 fully saturated rings. The normalized spacial score (nSPS) is 10.7. The van der Waals surface area contributed by atoms with Gasteiger partial charge in [0.2, 0.25) is 0 Å². The lowest BCUT2D eigenvalue weighted by atomic mass is 10.2. The summed E-state index contributed by atoms with van der Waals surface area (Å²) in [5, 5.41) is 19.4. The number of halogens is 3. The molecule has 0 aliphatic carbocycles. The maximum atomic E-state index is 12.8. The van der Waals surface area contributed by atoms with Crippen molar-refractivity contribution in [3.05, 3.63) is 103 Å². The lowest BCUT2D eigenvalue weighted by Crippen LogP contribution is -2.14. The molecule has 3 aromatic carbocycles. The van der Waals surface area contributed by atoms with Gasteiger partial charge in [-0.05, 0) is 70.9 Å². The highest BCUT2D eigenvalue weighted by Gasteiger charge is 2.16. The van der Waals surface area contributed by atoms with E-state index in [9.17, 15) is 14.9 Å². The Balaban J connectivity index is 1.48. The summed E-state index contributed by atoms with van der Waals surface area (Å²) in [5.41, 5.74) is 0.767. The number of amides is 1. The van der Waals surface area contributed by atoms with Crippen LogP contribution in [0.4, 0.5) is 11.4 Å². The lowest BCUT2D eigenvalue weighted by Gasteiger charge is -2.11. The van der Waals surface area contributed by atoms with Crippen molar-refractivity contribution in [2.24, 2.45) is 0 Å². The number of anilines is 1. The molecule has 9 nitrogen and oxygen atoms in total. The zero-order chi connectivity index (χ0) is 25.8. The van der Waals surface area contributed by atoms with Crippen molar-refractivity contribution >= 4 is 56.4 Å². The second-order valence-electron chi connectivity index (χ2n) is 7.53. The highest BCUT2D eigenvalue weighted by Crippen LogP contribution is 2.32. The van der Waals surface area contributed by atoms with Crippen molar-refractivity contribution in [1.29, 1.82) is 0 Å². The van der Waals surface area contributed by atoms with Crippen molar-refractivity contribution in [1.82, 2.24) is 9.78 Å². The van der Waals surface area contributed by atoms with Gasteiger partial charge in [0, 0.05) is 28.4 Å². The molecule has 1 amide bonds. The third-order valence-electron chi connectivity index (χ3n) is 4.84. The van der Waals surface area contributed by atoms with Crippen LogP contribution in [0.3, 0.4) is 0 Å². The predicted octanol–water partition coefficient (Wildman–Crippen LogP) is 7.25. The number of carbonyl (C=O) groups is 1. The zero-order valence-electron chi connectivity index (χ0n) is 18.6. The number of nitro groups is 1. The zero-order valence-corrected chi connectivity index (χ0v) is 21.7. The van der Waals surface area contributed by atoms with E-state index in [1.165, 1.54) is 28.9 Å². The van der Waals surface area contributed by atoms with Gasteiger partial charge in [0.1, 0.15) is 17.2 Å². The first-order chi connectivity index (χ1) is 17.2. The predicted molar refractivity (Wildman–Crippen MR) is 139 cm³/mol. The smallest absolute Gasteiger partial charge is 0.276 e. The van der Waals surface area contributed by atoms with Crippen molar-refractivity contribution < 1.29 is 19.2 Å². The number of ether oxygens (including phenoxy) is 2. The van der Waals surface area contributed by atoms with Gasteiger partial charge in [0.25, 0.3) is 11.6 Å². The second-order valence-corrected chi connectivity index (χ2v) is 9.25. The molecular formula is C24H17BrCl2N4O5. The number of hydrogen-bond donors (Lipinski definition) is 1. The van der Waals surface area contributed by atoms with E-state index in [0.29, 0.717) is 26.0 Å². The number of nitrogens with one attached hydrogen (secondary N) is 1. The van der Waals surface area contributed by atoms with Crippen molar-refractivity contribution in [3.8, 4) is 17.2 Å². The Labute approximate surface area is 223 Å². The van der Waals surface area contributed by atoms with Crippen LogP contribution >= 0.6 is 39.1 Å². The second kappa shape index (κ2) is 11.0. The molecule has 0 unspecified atom stereocenters. The van der Waals surface area contributed by atoms with E-state index in [1.807, 2.05) is 0 Å². The largest absolute Gasteiger partial charge is 0.470 e. The molecule has 0 saturated heterocycles. The summed E-state index contributed by atoms with van der Waals surface area (Å²) < 4.78 is 13.6. The van der Waals surface area contributed by atoms with E-state index in [0.717, 1.165) is 5.56 Å². The number of rotatable bonds is 8. The minimum absolute atomic E-state index is 0.0444. The quantitative estimate of drug-likeness (QED) is 0.171. The van der Waals surface area contributed by atoms with Crippen LogP contribution in [0.1, 0.15) is 16.1 Å². The van der Waals surface area contributed by atoms with E-state index in [4.69, 9.17) is 32.7 Å². The average molecular weight is 592 g/mol. The van der Waals surface area contributed by atoms with Crippen LogP contribution in [0.2, 0.25) is 10.0 Å². The number of hydrogen-bond acceptors (Lipinski definition) is 6. The molecule has 184 valence electrons. The Morgan fingerprint density at radius 1 is 1.08 bits per heavy atom. The molecule has 0 radical (unpaired) electrons. The van der Waals surface area contributed by atoms with Gasteiger partial charge in [-0.15, -0.1) is 0 Å². The number of benzene rings is 3. The maximum absolute atomic E-state index is 12.8. The molecule has 4 aromatic rings. The molecule has 0 bridgehead atoms. The van der Waals surface area contributed by atoms with Gasteiger partial charge in [-0.25, -0.2) is 4.68 Å². The van der Waals surface area contributed by atoms with Gasteiger partial charge in [-0.1, -0.05) is 23.2 Å². The monoisotopic (exact) mass is 590 g/mol. The van der Waals surface area contributed by atoms with E-state index < -0.39 is 10.8 Å². The maximum Gasteiger partial charge on any atom is 0.276 e. The van der Waals surface area contributed by atoms with Crippen LogP contribution in [0, 0.1) is 17.0 Å². The standard InChI is InChI=1S/C24H17BrCl2N4O5/c1-14-8-15(26)2-4-22(14)36-19-11-17(10-18(12-19)31(33)34)28-24(32)21-6-7-30(29-21)13-35-23-5-3-16(27)9-20(23)25/h2-12H,13H2,1H3,(H,28,32). The molecule has 36 heavy (non-hydrogen) atoms. The number of aromatic nitrogens is 2. The number of carbonyl (C=O) groups excluding carboxylic acids is 1. The highest BCUT2D eigenvalue weighted by atomic mass is 79.9. The fourth-order valence-corrected chi connectivity index (χ4v) is 4.18. The van der Waals surface area contributed by atoms with E-state index >= 15 is 0 Å². The van der Waals surface area contributed by atoms with Crippen LogP contribution in [0.15, 0.2) is 71.3 Å². The summed E-state index contributed by atoms with van der Waals surface area (Å²) in [4.78, 5) is 23.6. The number of nitro benzene ring substituents is 1. The van der Waals surface area contributed by atoms with Gasteiger partial charge in [-0.2, -0.15) is 5.10 Å². The third kappa shape index (κ3) is 6.34. The number of non-ortho nitro benzene ring substituents is 1. The summed E-state index contributed by atoms with van der Waals surface area (Å²) in [7, 11) is 0. The van der Waals surface area contributed by atoms with Crippen molar-refractivity contribution in [3.63, 3.8) is 0 Å². The fourth-order valence-electron chi connectivity index (χ4n) is 3.15. The van der Waals surface area contributed by atoms with Crippen molar-refractivity contribution in [2.45, 2.75) is 13.7 Å². The molecule has 12 heteroatoms. The Morgan fingerprint density at radius 3 is 2.50 bits per heavy atom. The minimum Gasteiger partial charge on any atom is -0.470 e.